The fourth-order valence-electron chi connectivity index (χ4n) is 5.22. The molecular formula is C18H22N2O2. The van der Waals surface area contributed by atoms with Crippen molar-refractivity contribution in [3.63, 3.8) is 0 Å². The Kier molecular flexibility index (Phi) is 3.40. The zero-order valence-electron chi connectivity index (χ0n) is 12.6. The SMILES string of the molecule is O=C(NNC(=O)C1C2CC3CC(C2)CC1C3)c1ccccc1. The standard InChI is InChI=1S/C18H22N2O2/c21-17(13-4-2-1-3-5-13)19-20-18(22)16-14-7-11-6-12(9-14)10-15(16)8-11/h1-5,11-12,14-16H,6-10H2,(H,19,21)(H,20,22). The number of hydrogen-bond donors (Lipinski definition) is 2. The molecule has 1 aromatic carbocycles. The minimum Gasteiger partial charge on any atom is -0.273 e. The quantitative estimate of drug-likeness (QED) is 0.824. The molecule has 0 radical (unpaired) electrons. The van der Waals surface area contributed by atoms with Crippen molar-refractivity contribution >= 4 is 11.8 Å². The molecule has 4 bridgehead atoms. The molecule has 0 unspecified atom stereocenters. The van der Waals surface area contributed by atoms with Crippen LogP contribution in [-0.2, 0) is 4.79 Å². The van der Waals surface area contributed by atoms with Gasteiger partial charge >= 0.3 is 0 Å². The third-order valence-corrected chi connectivity index (χ3v) is 5.86. The smallest absolute Gasteiger partial charge is 0.269 e. The van der Waals surface area contributed by atoms with E-state index in [0.29, 0.717) is 17.4 Å². The first-order chi connectivity index (χ1) is 10.7. The van der Waals surface area contributed by atoms with Crippen molar-refractivity contribution in [1.82, 2.24) is 10.9 Å². The molecule has 0 saturated heterocycles. The van der Waals surface area contributed by atoms with Crippen molar-refractivity contribution in [2.24, 2.45) is 29.6 Å². The summed E-state index contributed by atoms with van der Waals surface area (Å²) in [6.07, 6.45) is 6.21. The maximum absolute atomic E-state index is 12.5. The Bertz CT molecular complexity index is 556. The van der Waals surface area contributed by atoms with Crippen molar-refractivity contribution in [2.75, 3.05) is 0 Å². The molecule has 5 rings (SSSR count). The maximum atomic E-state index is 12.5. The normalized spacial score (nSPS) is 35.2. The molecule has 0 aromatic heterocycles. The van der Waals surface area contributed by atoms with E-state index >= 15 is 0 Å². The molecule has 4 heteroatoms. The van der Waals surface area contributed by atoms with Crippen LogP contribution < -0.4 is 10.9 Å². The van der Waals surface area contributed by atoms with Gasteiger partial charge in [0.2, 0.25) is 5.91 Å². The summed E-state index contributed by atoms with van der Waals surface area (Å²) in [7, 11) is 0. The Morgan fingerprint density at radius 3 is 2.00 bits per heavy atom. The molecule has 0 heterocycles. The van der Waals surface area contributed by atoms with E-state index in [-0.39, 0.29) is 17.7 Å². The van der Waals surface area contributed by atoms with Gasteiger partial charge in [0.25, 0.3) is 5.91 Å². The number of carbonyl (C=O) groups excluding carboxylic acids is 2. The van der Waals surface area contributed by atoms with Crippen LogP contribution in [0.1, 0.15) is 42.5 Å². The number of hydrazine groups is 1. The van der Waals surface area contributed by atoms with Gasteiger partial charge in [-0.05, 0) is 67.9 Å². The Balaban J connectivity index is 1.38. The molecule has 4 aliphatic carbocycles. The van der Waals surface area contributed by atoms with E-state index in [4.69, 9.17) is 0 Å². The Hall–Kier alpha value is -1.84. The molecule has 4 aliphatic rings. The van der Waals surface area contributed by atoms with Crippen molar-refractivity contribution in [2.45, 2.75) is 32.1 Å². The average Bonchev–Trinajstić information content (AvgIpc) is 2.52. The van der Waals surface area contributed by atoms with E-state index in [1.165, 1.54) is 32.1 Å². The summed E-state index contributed by atoms with van der Waals surface area (Å²) in [5.41, 5.74) is 5.80. The molecule has 2 amide bonds. The van der Waals surface area contributed by atoms with Crippen LogP contribution in [0.2, 0.25) is 0 Å². The first-order valence-electron chi connectivity index (χ1n) is 8.36. The number of carbonyl (C=O) groups is 2. The van der Waals surface area contributed by atoms with Gasteiger partial charge in [0.1, 0.15) is 0 Å². The summed E-state index contributed by atoms with van der Waals surface area (Å²) < 4.78 is 0. The molecule has 4 fully saturated rings. The molecule has 116 valence electrons. The van der Waals surface area contributed by atoms with Gasteiger partial charge in [0, 0.05) is 11.5 Å². The number of rotatable bonds is 2. The predicted octanol–water partition coefficient (Wildman–Crippen LogP) is 2.52. The van der Waals surface area contributed by atoms with E-state index in [9.17, 15) is 9.59 Å². The lowest BCUT2D eigenvalue weighted by Crippen LogP contribution is -2.54. The van der Waals surface area contributed by atoms with E-state index in [1.807, 2.05) is 18.2 Å². The fourth-order valence-corrected chi connectivity index (χ4v) is 5.22. The van der Waals surface area contributed by atoms with E-state index in [2.05, 4.69) is 10.9 Å². The van der Waals surface area contributed by atoms with Crippen LogP contribution in [0.25, 0.3) is 0 Å². The van der Waals surface area contributed by atoms with Crippen LogP contribution in [0.4, 0.5) is 0 Å². The van der Waals surface area contributed by atoms with Gasteiger partial charge in [0.15, 0.2) is 0 Å². The van der Waals surface area contributed by atoms with Gasteiger partial charge in [-0.2, -0.15) is 0 Å². The zero-order chi connectivity index (χ0) is 15.1. The third kappa shape index (κ3) is 2.40. The van der Waals surface area contributed by atoms with E-state index in [1.54, 1.807) is 12.1 Å². The molecule has 4 saturated carbocycles. The van der Waals surface area contributed by atoms with Crippen LogP contribution >= 0.6 is 0 Å². The lowest BCUT2D eigenvalue weighted by molar-refractivity contribution is -0.138. The molecule has 0 atom stereocenters. The Morgan fingerprint density at radius 1 is 0.818 bits per heavy atom. The monoisotopic (exact) mass is 298 g/mol. The summed E-state index contributed by atoms with van der Waals surface area (Å²) in [5.74, 6) is 2.63. The lowest BCUT2D eigenvalue weighted by Gasteiger charge is -2.53. The van der Waals surface area contributed by atoms with E-state index in [0.717, 1.165) is 11.8 Å². The maximum Gasteiger partial charge on any atom is 0.269 e. The summed E-state index contributed by atoms with van der Waals surface area (Å²) in [6, 6.07) is 8.97. The highest BCUT2D eigenvalue weighted by atomic mass is 16.2. The van der Waals surface area contributed by atoms with Gasteiger partial charge in [0.05, 0.1) is 0 Å². The Labute approximate surface area is 130 Å². The van der Waals surface area contributed by atoms with Gasteiger partial charge in [-0.15, -0.1) is 0 Å². The first kappa shape index (κ1) is 13.8. The van der Waals surface area contributed by atoms with Gasteiger partial charge < -0.3 is 0 Å². The molecular weight excluding hydrogens is 276 g/mol. The summed E-state index contributed by atoms with van der Waals surface area (Å²) in [4.78, 5) is 24.6. The molecule has 1 aromatic rings. The largest absolute Gasteiger partial charge is 0.273 e. The zero-order valence-corrected chi connectivity index (χ0v) is 12.6. The minimum absolute atomic E-state index is 0.0121. The van der Waals surface area contributed by atoms with Crippen molar-refractivity contribution < 1.29 is 9.59 Å². The van der Waals surface area contributed by atoms with Crippen LogP contribution in [0.5, 0.6) is 0 Å². The van der Waals surface area contributed by atoms with Gasteiger partial charge in [-0.25, -0.2) is 0 Å². The summed E-state index contributed by atoms with van der Waals surface area (Å²) >= 11 is 0. The summed E-state index contributed by atoms with van der Waals surface area (Å²) in [6.45, 7) is 0. The van der Waals surface area contributed by atoms with Gasteiger partial charge in [-0.3, -0.25) is 20.4 Å². The second-order valence-electron chi connectivity index (χ2n) is 7.27. The number of nitrogens with one attached hydrogen (secondary N) is 2. The number of benzene rings is 1. The predicted molar refractivity (Wildman–Crippen MR) is 82.6 cm³/mol. The fraction of sp³-hybridized carbons (Fsp3) is 0.556. The molecule has 4 nitrogen and oxygen atoms in total. The highest BCUT2D eigenvalue weighted by molar-refractivity contribution is 5.95. The Morgan fingerprint density at radius 2 is 1.41 bits per heavy atom. The molecule has 2 N–H and O–H groups in total. The molecule has 22 heavy (non-hydrogen) atoms. The molecule has 0 spiro atoms. The van der Waals surface area contributed by atoms with Crippen molar-refractivity contribution in [3.8, 4) is 0 Å². The highest BCUT2D eigenvalue weighted by Gasteiger charge is 2.50. The van der Waals surface area contributed by atoms with Crippen LogP contribution in [0.15, 0.2) is 30.3 Å². The second-order valence-corrected chi connectivity index (χ2v) is 7.27. The summed E-state index contributed by atoms with van der Waals surface area (Å²) in [5, 5.41) is 0. The minimum atomic E-state index is -0.252. The van der Waals surface area contributed by atoms with Crippen LogP contribution in [0.3, 0.4) is 0 Å². The number of hydrogen-bond acceptors (Lipinski definition) is 2. The van der Waals surface area contributed by atoms with Crippen LogP contribution in [0, 0.1) is 29.6 Å². The number of amides is 2. The van der Waals surface area contributed by atoms with Crippen LogP contribution in [-0.4, -0.2) is 11.8 Å². The highest BCUT2D eigenvalue weighted by Crippen LogP contribution is 2.56. The van der Waals surface area contributed by atoms with E-state index < -0.39 is 0 Å². The average molecular weight is 298 g/mol. The second kappa shape index (κ2) is 5.41. The van der Waals surface area contributed by atoms with Crippen molar-refractivity contribution in [1.29, 1.82) is 0 Å². The van der Waals surface area contributed by atoms with Crippen molar-refractivity contribution in [3.05, 3.63) is 35.9 Å². The lowest BCUT2D eigenvalue weighted by atomic mass is 9.52. The van der Waals surface area contributed by atoms with Gasteiger partial charge in [-0.1, -0.05) is 18.2 Å². The third-order valence-electron chi connectivity index (χ3n) is 5.86. The topological polar surface area (TPSA) is 58.2 Å². The first-order valence-corrected chi connectivity index (χ1v) is 8.36. The molecule has 0 aliphatic heterocycles.